The molecule has 0 N–H and O–H groups in total. The van der Waals surface area contributed by atoms with E-state index in [-0.39, 0.29) is 5.60 Å². The minimum Gasteiger partial charge on any atom is -0.414 e. The van der Waals surface area contributed by atoms with Crippen molar-refractivity contribution in [3.8, 4) is 0 Å². The summed E-state index contributed by atoms with van der Waals surface area (Å²) < 4.78 is 31.3. The lowest BCUT2D eigenvalue weighted by atomic mass is 9.99. The first kappa shape index (κ1) is 16.3. The van der Waals surface area contributed by atoms with Crippen LogP contribution in [0.15, 0.2) is 18.2 Å². The van der Waals surface area contributed by atoms with Gasteiger partial charge in [-0.15, -0.1) is 0 Å². The largest absolute Gasteiger partial charge is 0.414 e. The van der Waals surface area contributed by atoms with Gasteiger partial charge in [0, 0.05) is 11.7 Å². The molecule has 0 spiro atoms. The number of hydrogen-bond acceptors (Lipinski definition) is 1. The first-order chi connectivity index (χ1) is 8.94. The summed E-state index contributed by atoms with van der Waals surface area (Å²) in [5.41, 5.74) is 0.463. The van der Waals surface area contributed by atoms with E-state index in [1.54, 1.807) is 0 Å². The van der Waals surface area contributed by atoms with Gasteiger partial charge in [-0.05, 0) is 44.7 Å². The summed E-state index contributed by atoms with van der Waals surface area (Å²) >= 11 is 0. The van der Waals surface area contributed by atoms with Gasteiger partial charge in [0.05, 0.1) is 0 Å². The molecule has 0 atom stereocenters. The quantitative estimate of drug-likeness (QED) is 0.509. The predicted molar refractivity (Wildman–Crippen MR) is 74.1 cm³/mol. The molecule has 0 aliphatic heterocycles. The molecular formula is C15H21F2OSi. The van der Waals surface area contributed by atoms with Crippen LogP contribution in [0.25, 0.3) is 0 Å². The van der Waals surface area contributed by atoms with Crippen LogP contribution in [0, 0.1) is 11.6 Å². The molecule has 0 aliphatic carbocycles. The van der Waals surface area contributed by atoms with E-state index in [1.807, 2.05) is 13.8 Å². The maximum Gasteiger partial charge on any atom is 0.246 e. The average molecular weight is 283 g/mol. The molecule has 3 radical (unpaired) electrons. The van der Waals surface area contributed by atoms with Gasteiger partial charge < -0.3 is 4.43 Å². The highest BCUT2D eigenvalue weighted by atomic mass is 28.2. The Labute approximate surface area is 117 Å². The highest BCUT2D eigenvalue weighted by Crippen LogP contribution is 2.18. The minimum absolute atomic E-state index is 0.139. The molecule has 105 valence electrons. The van der Waals surface area contributed by atoms with Crippen LogP contribution in [0.1, 0.15) is 51.5 Å². The Hall–Kier alpha value is -0.743. The van der Waals surface area contributed by atoms with E-state index in [0.717, 1.165) is 38.2 Å². The smallest absolute Gasteiger partial charge is 0.246 e. The Morgan fingerprint density at radius 2 is 1.79 bits per heavy atom. The molecule has 1 rings (SSSR count). The zero-order valence-electron chi connectivity index (χ0n) is 11.6. The molecule has 0 aromatic heterocycles. The second kappa shape index (κ2) is 7.75. The van der Waals surface area contributed by atoms with Gasteiger partial charge in [-0.3, -0.25) is 0 Å². The lowest BCUT2D eigenvalue weighted by molar-refractivity contribution is 0.109. The van der Waals surface area contributed by atoms with Crippen LogP contribution in [-0.4, -0.2) is 16.1 Å². The maximum absolute atomic E-state index is 13.4. The van der Waals surface area contributed by atoms with Crippen molar-refractivity contribution in [1.82, 2.24) is 0 Å². The summed E-state index contributed by atoms with van der Waals surface area (Å²) in [6, 6.07) is 3.80. The van der Waals surface area contributed by atoms with Crippen molar-refractivity contribution in [2.24, 2.45) is 0 Å². The van der Waals surface area contributed by atoms with Crippen LogP contribution in [0.4, 0.5) is 8.78 Å². The zero-order chi connectivity index (χ0) is 14.3. The Morgan fingerprint density at radius 3 is 2.42 bits per heavy atom. The number of halogens is 2. The van der Waals surface area contributed by atoms with Gasteiger partial charge >= 0.3 is 0 Å². The zero-order valence-corrected chi connectivity index (χ0v) is 12.6. The third-order valence-electron chi connectivity index (χ3n) is 3.27. The van der Waals surface area contributed by atoms with E-state index in [1.165, 1.54) is 12.1 Å². The normalized spacial score (nSPS) is 11.8. The van der Waals surface area contributed by atoms with Gasteiger partial charge in [0.2, 0.25) is 10.5 Å². The van der Waals surface area contributed by atoms with Gasteiger partial charge in [-0.25, -0.2) is 8.78 Å². The summed E-state index contributed by atoms with van der Waals surface area (Å²) in [5, 5.41) is 0. The van der Waals surface area contributed by atoms with Crippen molar-refractivity contribution in [1.29, 1.82) is 0 Å². The second-order valence-corrected chi connectivity index (χ2v) is 5.72. The van der Waals surface area contributed by atoms with Crippen molar-refractivity contribution in [3.05, 3.63) is 35.4 Å². The fourth-order valence-electron chi connectivity index (χ4n) is 2.00. The summed E-state index contributed by atoms with van der Waals surface area (Å²) in [4.78, 5) is 0. The molecule has 4 heteroatoms. The molecule has 0 saturated carbocycles. The number of unbranched alkanes of at least 4 members (excludes halogenated alkanes) is 3. The molecule has 1 aromatic carbocycles. The summed E-state index contributed by atoms with van der Waals surface area (Å²) in [5.74, 6) is -0.952. The van der Waals surface area contributed by atoms with Gasteiger partial charge in [-0.1, -0.05) is 25.3 Å². The van der Waals surface area contributed by atoms with E-state index in [2.05, 4.69) is 10.5 Å². The summed E-state index contributed by atoms with van der Waals surface area (Å²) in [6.07, 6.45) is 5.82. The Morgan fingerprint density at radius 1 is 1.11 bits per heavy atom. The number of aryl methyl sites for hydroxylation is 1. The van der Waals surface area contributed by atoms with Crippen LogP contribution in [0.2, 0.25) is 0 Å². The molecule has 0 amide bonds. The Kier molecular flexibility index (Phi) is 6.65. The standard InChI is InChI=1S/C15H21F2OSi/c1-15(2,18-19)10-6-4-3-5-7-12-8-9-13(16)11-14(12)17/h8-9,11H,3-7,10H2,1-2H3. The van der Waals surface area contributed by atoms with E-state index in [0.29, 0.717) is 12.0 Å². The van der Waals surface area contributed by atoms with E-state index in [9.17, 15) is 8.78 Å². The SMILES string of the molecule is CC(C)(CCCCCCc1ccc(F)cc1F)O[Si]. The lowest BCUT2D eigenvalue weighted by Gasteiger charge is -2.22. The van der Waals surface area contributed by atoms with Crippen LogP contribution < -0.4 is 0 Å². The van der Waals surface area contributed by atoms with Crippen LogP contribution in [0.3, 0.4) is 0 Å². The topological polar surface area (TPSA) is 9.23 Å². The van der Waals surface area contributed by atoms with Crippen molar-refractivity contribution in [3.63, 3.8) is 0 Å². The van der Waals surface area contributed by atoms with Crippen LogP contribution >= 0.6 is 0 Å². The summed E-state index contributed by atoms with van der Waals surface area (Å²) in [7, 11) is 3.07. The molecule has 0 fully saturated rings. The van der Waals surface area contributed by atoms with Gasteiger partial charge in [0.15, 0.2) is 0 Å². The fraction of sp³-hybridized carbons (Fsp3) is 0.600. The van der Waals surface area contributed by atoms with Gasteiger partial charge in [-0.2, -0.15) is 0 Å². The van der Waals surface area contributed by atoms with Crippen LogP contribution in [-0.2, 0) is 10.8 Å². The number of hydrogen-bond donors (Lipinski definition) is 0. The molecule has 0 bridgehead atoms. The molecule has 0 heterocycles. The van der Waals surface area contributed by atoms with Gasteiger partial charge in [0.1, 0.15) is 11.6 Å². The lowest BCUT2D eigenvalue weighted by Crippen LogP contribution is -2.22. The van der Waals surface area contributed by atoms with E-state index < -0.39 is 11.6 Å². The van der Waals surface area contributed by atoms with Crippen LogP contribution in [0.5, 0.6) is 0 Å². The van der Waals surface area contributed by atoms with E-state index in [4.69, 9.17) is 4.43 Å². The Balaban J connectivity index is 2.17. The Bertz CT molecular complexity index is 394. The van der Waals surface area contributed by atoms with Crippen molar-refractivity contribution < 1.29 is 13.2 Å². The molecule has 0 unspecified atom stereocenters. The number of benzene rings is 1. The summed E-state index contributed by atoms with van der Waals surface area (Å²) in [6.45, 7) is 4.07. The van der Waals surface area contributed by atoms with Crippen molar-refractivity contribution >= 4 is 10.5 Å². The molecule has 0 aliphatic rings. The molecule has 0 saturated heterocycles. The highest BCUT2D eigenvalue weighted by Gasteiger charge is 2.14. The monoisotopic (exact) mass is 283 g/mol. The first-order valence-corrected chi connectivity index (χ1v) is 7.14. The van der Waals surface area contributed by atoms with Crippen molar-refractivity contribution in [2.75, 3.05) is 0 Å². The maximum atomic E-state index is 13.4. The van der Waals surface area contributed by atoms with Crippen molar-refractivity contribution in [2.45, 2.75) is 58.0 Å². The third kappa shape index (κ3) is 6.30. The predicted octanol–water partition coefficient (Wildman–Crippen LogP) is 4.34. The molecule has 19 heavy (non-hydrogen) atoms. The third-order valence-corrected chi connectivity index (χ3v) is 3.82. The second-order valence-electron chi connectivity index (χ2n) is 5.51. The highest BCUT2D eigenvalue weighted by molar-refractivity contribution is 5.98. The van der Waals surface area contributed by atoms with E-state index >= 15 is 0 Å². The fourth-order valence-corrected chi connectivity index (χ4v) is 2.10. The molecule has 1 nitrogen and oxygen atoms in total. The molecular weight excluding hydrogens is 262 g/mol. The minimum atomic E-state index is -0.516. The molecule has 1 aromatic rings. The average Bonchev–Trinajstić information content (AvgIpc) is 2.35. The van der Waals surface area contributed by atoms with Gasteiger partial charge in [0.25, 0.3) is 0 Å². The number of rotatable bonds is 8. The first-order valence-electron chi connectivity index (χ1n) is 6.73.